The van der Waals surface area contributed by atoms with Gasteiger partial charge in [0.15, 0.2) is 5.78 Å². The first-order valence-electron chi connectivity index (χ1n) is 9.30. The lowest BCUT2D eigenvalue weighted by Crippen LogP contribution is -2.25. The molecule has 144 valence electrons. The van der Waals surface area contributed by atoms with Gasteiger partial charge >= 0.3 is 0 Å². The van der Waals surface area contributed by atoms with Crippen LogP contribution in [0, 0.1) is 0 Å². The number of hydrogen-bond donors (Lipinski definition) is 2. The summed E-state index contributed by atoms with van der Waals surface area (Å²) >= 11 is 0. The molecule has 2 aromatic carbocycles. The topological polar surface area (TPSA) is 95.5 Å². The van der Waals surface area contributed by atoms with Gasteiger partial charge in [-0.05, 0) is 36.2 Å². The Labute approximate surface area is 161 Å². The van der Waals surface area contributed by atoms with Gasteiger partial charge in [0.2, 0.25) is 0 Å². The lowest BCUT2D eigenvalue weighted by molar-refractivity contribution is 0.0748. The number of nitrogens with zero attached hydrogens (tertiary/aromatic N) is 2. The van der Waals surface area contributed by atoms with E-state index in [0.717, 1.165) is 16.9 Å². The number of aromatic amines is 1. The number of benzene rings is 2. The van der Waals surface area contributed by atoms with Crippen LogP contribution in [0.2, 0.25) is 0 Å². The highest BCUT2D eigenvalue weighted by atomic mass is 16.5. The predicted octanol–water partition coefficient (Wildman–Crippen LogP) is 3.42. The maximum atomic E-state index is 13.1. The number of Topliss-reactive ketones (excluding diaryl/α,β-unsaturated/α-hetero) is 1. The molecular weight excluding hydrogens is 358 g/mol. The summed E-state index contributed by atoms with van der Waals surface area (Å²) in [5, 5.41) is 17.7. The van der Waals surface area contributed by atoms with Crippen LogP contribution in [0.25, 0.3) is 10.9 Å². The largest absolute Gasteiger partial charge is 0.507 e. The molecule has 0 aliphatic carbocycles. The second kappa shape index (κ2) is 6.99. The molecule has 4 rings (SSSR count). The summed E-state index contributed by atoms with van der Waals surface area (Å²) in [6.07, 6.45) is 0.313. The zero-order valence-corrected chi connectivity index (χ0v) is 15.8. The molecule has 3 aromatic rings. The van der Waals surface area contributed by atoms with Crippen LogP contribution in [0.3, 0.4) is 0 Å². The smallest absolute Gasteiger partial charge is 0.258 e. The van der Waals surface area contributed by atoms with E-state index in [-0.39, 0.29) is 28.7 Å². The normalized spacial score (nSPS) is 13.0. The number of phenolic OH excluding ortho intramolecular Hbond substituents is 1. The van der Waals surface area contributed by atoms with Gasteiger partial charge in [-0.1, -0.05) is 13.0 Å². The summed E-state index contributed by atoms with van der Waals surface area (Å²) < 4.78 is 5.53. The molecule has 0 bridgehead atoms. The number of aromatic nitrogens is 2. The van der Waals surface area contributed by atoms with Crippen molar-refractivity contribution in [2.24, 2.45) is 0 Å². The summed E-state index contributed by atoms with van der Waals surface area (Å²) in [6.45, 7) is 5.17. The number of carbonyl (C=O) groups excluding carboxylic acids is 2. The number of ether oxygens (including phenoxy) is 1. The van der Waals surface area contributed by atoms with Crippen LogP contribution >= 0.6 is 0 Å². The second-order valence-electron chi connectivity index (χ2n) is 6.79. The Morgan fingerprint density at radius 3 is 2.71 bits per heavy atom. The molecule has 1 aromatic heterocycles. The molecule has 7 heteroatoms. The number of carbonyl (C=O) groups is 2. The fraction of sp³-hybridized carbons (Fsp3) is 0.286. The average Bonchev–Trinajstić information content (AvgIpc) is 3.29. The maximum absolute atomic E-state index is 13.1. The molecule has 7 nitrogen and oxygen atoms in total. The number of H-pyrrole nitrogens is 1. The Balaban J connectivity index is 1.65. The van der Waals surface area contributed by atoms with Crippen molar-refractivity contribution in [1.29, 1.82) is 0 Å². The van der Waals surface area contributed by atoms with E-state index >= 15 is 0 Å². The maximum Gasteiger partial charge on any atom is 0.258 e. The van der Waals surface area contributed by atoms with Crippen molar-refractivity contribution < 1.29 is 19.4 Å². The second-order valence-corrected chi connectivity index (χ2v) is 6.79. The van der Waals surface area contributed by atoms with Crippen molar-refractivity contribution in [3.63, 3.8) is 0 Å². The summed E-state index contributed by atoms with van der Waals surface area (Å²) in [7, 11) is 0. The minimum absolute atomic E-state index is 0.118. The quantitative estimate of drug-likeness (QED) is 0.662. The Kier molecular flexibility index (Phi) is 4.50. The summed E-state index contributed by atoms with van der Waals surface area (Å²) in [6, 6.07) is 8.80. The molecular formula is C21H21N3O4. The Morgan fingerprint density at radius 1 is 1.18 bits per heavy atom. The van der Waals surface area contributed by atoms with Gasteiger partial charge in [0.25, 0.3) is 5.91 Å². The molecule has 0 unspecified atom stereocenters. The van der Waals surface area contributed by atoms with Crippen LogP contribution in [0.4, 0.5) is 0 Å². The van der Waals surface area contributed by atoms with Gasteiger partial charge in [0.1, 0.15) is 17.2 Å². The zero-order chi connectivity index (χ0) is 19.8. The van der Waals surface area contributed by atoms with E-state index in [1.165, 1.54) is 6.07 Å². The number of rotatable bonds is 5. The van der Waals surface area contributed by atoms with Crippen LogP contribution in [-0.4, -0.2) is 38.5 Å². The van der Waals surface area contributed by atoms with E-state index in [1.54, 1.807) is 17.9 Å². The molecule has 28 heavy (non-hydrogen) atoms. The van der Waals surface area contributed by atoms with Gasteiger partial charge in [-0.2, -0.15) is 5.10 Å². The number of phenols is 1. The van der Waals surface area contributed by atoms with E-state index in [0.29, 0.717) is 37.0 Å². The predicted molar refractivity (Wildman–Crippen MR) is 104 cm³/mol. The zero-order valence-electron chi connectivity index (χ0n) is 15.8. The Hall–Kier alpha value is -3.35. The van der Waals surface area contributed by atoms with Crippen LogP contribution in [0.5, 0.6) is 11.5 Å². The van der Waals surface area contributed by atoms with Crippen molar-refractivity contribution in [2.45, 2.75) is 33.4 Å². The standard InChI is InChI=1S/C21H21N3O4/c1-3-18(25)20-15-8-16(19(26)9-17(15)22-23-20)21(27)24-10-12-5-6-14(28-4-2)7-13(12)11-24/h5-9,26H,3-4,10-11H2,1-2H3,(H,22,23). The minimum Gasteiger partial charge on any atom is -0.507 e. The number of nitrogens with one attached hydrogen (secondary N) is 1. The highest BCUT2D eigenvalue weighted by Gasteiger charge is 2.27. The fourth-order valence-corrected chi connectivity index (χ4v) is 3.55. The molecule has 1 aliphatic rings. The molecule has 2 heterocycles. The molecule has 1 amide bonds. The number of ketones is 1. The summed E-state index contributed by atoms with van der Waals surface area (Å²) in [4.78, 5) is 26.8. The van der Waals surface area contributed by atoms with Crippen molar-refractivity contribution >= 4 is 22.6 Å². The molecule has 0 saturated heterocycles. The number of amides is 1. The molecule has 0 radical (unpaired) electrons. The Bertz CT molecular complexity index is 1090. The minimum atomic E-state index is -0.287. The lowest BCUT2D eigenvalue weighted by atomic mass is 10.1. The van der Waals surface area contributed by atoms with Crippen LogP contribution < -0.4 is 4.74 Å². The highest BCUT2D eigenvalue weighted by molar-refractivity contribution is 6.09. The third kappa shape index (κ3) is 2.98. The van der Waals surface area contributed by atoms with Crippen molar-refractivity contribution in [3.8, 4) is 11.5 Å². The SMILES string of the molecule is CCOc1ccc2c(c1)CN(C(=O)c1cc3c(C(=O)CC)n[nH]c3cc1O)C2. The molecule has 0 atom stereocenters. The highest BCUT2D eigenvalue weighted by Crippen LogP contribution is 2.32. The van der Waals surface area contributed by atoms with Gasteiger partial charge < -0.3 is 14.7 Å². The Morgan fingerprint density at radius 2 is 1.96 bits per heavy atom. The van der Waals surface area contributed by atoms with Gasteiger partial charge in [0.05, 0.1) is 17.7 Å². The fourth-order valence-electron chi connectivity index (χ4n) is 3.55. The first-order valence-corrected chi connectivity index (χ1v) is 9.30. The van der Waals surface area contributed by atoms with E-state index in [4.69, 9.17) is 4.74 Å². The third-order valence-corrected chi connectivity index (χ3v) is 4.99. The monoisotopic (exact) mass is 379 g/mol. The molecule has 1 aliphatic heterocycles. The van der Waals surface area contributed by atoms with E-state index in [2.05, 4.69) is 10.2 Å². The van der Waals surface area contributed by atoms with Gasteiger partial charge in [0, 0.05) is 31.0 Å². The van der Waals surface area contributed by atoms with E-state index < -0.39 is 0 Å². The first kappa shape index (κ1) is 18.0. The summed E-state index contributed by atoms with van der Waals surface area (Å²) in [5.41, 5.74) is 3.07. The van der Waals surface area contributed by atoms with Crippen molar-refractivity contribution in [3.05, 3.63) is 52.7 Å². The average molecular weight is 379 g/mol. The summed E-state index contributed by atoms with van der Waals surface area (Å²) in [5.74, 6) is 0.237. The van der Waals surface area contributed by atoms with E-state index in [9.17, 15) is 14.7 Å². The third-order valence-electron chi connectivity index (χ3n) is 4.99. The molecule has 0 spiro atoms. The van der Waals surface area contributed by atoms with Crippen LogP contribution in [-0.2, 0) is 13.1 Å². The van der Waals surface area contributed by atoms with Gasteiger partial charge in [-0.15, -0.1) is 0 Å². The van der Waals surface area contributed by atoms with Crippen LogP contribution in [0.15, 0.2) is 30.3 Å². The van der Waals surface area contributed by atoms with Crippen molar-refractivity contribution in [1.82, 2.24) is 15.1 Å². The first-order chi connectivity index (χ1) is 13.5. The molecule has 0 saturated carbocycles. The number of aromatic hydroxyl groups is 1. The molecule has 2 N–H and O–H groups in total. The van der Waals surface area contributed by atoms with Gasteiger partial charge in [-0.25, -0.2) is 0 Å². The number of hydrogen-bond acceptors (Lipinski definition) is 5. The van der Waals surface area contributed by atoms with Gasteiger partial charge in [-0.3, -0.25) is 14.7 Å². The van der Waals surface area contributed by atoms with Crippen molar-refractivity contribution in [2.75, 3.05) is 6.61 Å². The van der Waals surface area contributed by atoms with E-state index in [1.807, 2.05) is 25.1 Å². The van der Waals surface area contributed by atoms with Crippen LogP contribution in [0.1, 0.15) is 52.2 Å². The number of fused-ring (bicyclic) bond motifs is 2. The molecule has 0 fully saturated rings. The lowest BCUT2D eigenvalue weighted by Gasteiger charge is -2.16.